The monoisotopic (exact) mass is 382 g/mol. The highest BCUT2D eigenvalue weighted by molar-refractivity contribution is 7.80. The van der Waals surface area contributed by atoms with E-state index < -0.39 is 16.0 Å². The Morgan fingerprint density at radius 2 is 1.82 bits per heavy atom. The Morgan fingerprint density at radius 1 is 1.23 bits per heavy atom. The lowest BCUT2D eigenvalue weighted by molar-refractivity contribution is 0.212. The van der Waals surface area contributed by atoms with Crippen LogP contribution < -0.4 is 16.0 Å². The van der Waals surface area contributed by atoms with Gasteiger partial charge in [-0.15, -0.1) is 0 Å². The molecular weight excluding hydrogens is 367 g/mol. The van der Waals surface area contributed by atoms with E-state index in [1.165, 1.54) is 4.90 Å². The molecule has 1 aromatic carbocycles. The van der Waals surface area contributed by atoms with Crippen LogP contribution in [0.4, 0.5) is 10.5 Å². The highest BCUT2D eigenvalue weighted by Gasteiger charge is 2.35. The van der Waals surface area contributed by atoms with Crippen molar-refractivity contribution in [1.82, 2.24) is 15.5 Å². The van der Waals surface area contributed by atoms with E-state index in [2.05, 4.69) is 16.0 Å². The number of aryl methyl sites for hydroxylation is 1. The molecule has 0 fully saturated rings. The van der Waals surface area contributed by atoms with E-state index in [1.807, 2.05) is 31.2 Å². The van der Waals surface area contributed by atoms with Crippen LogP contribution in [0.2, 0.25) is 0 Å². The molecule has 0 radical (unpaired) electrons. The summed E-state index contributed by atoms with van der Waals surface area (Å²) in [7, 11) is 3.16. The minimum absolute atomic E-state index is 0.227. The van der Waals surface area contributed by atoms with E-state index >= 15 is 0 Å². The van der Waals surface area contributed by atoms with Crippen molar-refractivity contribution in [1.29, 1.82) is 0 Å². The van der Waals surface area contributed by atoms with Gasteiger partial charge in [0.1, 0.15) is 0 Å². The summed E-state index contributed by atoms with van der Waals surface area (Å²) in [4.78, 5) is 13.1. The van der Waals surface area contributed by atoms with E-state index in [0.29, 0.717) is 0 Å². The predicted molar refractivity (Wildman–Crippen MR) is 96.8 cm³/mol. The Morgan fingerprint density at radius 3 is 2.32 bits per heavy atom. The van der Waals surface area contributed by atoms with Crippen molar-refractivity contribution < 1.29 is 4.79 Å². The molecule has 0 bridgehead atoms. The lowest BCUT2D eigenvalue weighted by Gasteiger charge is -2.29. The van der Waals surface area contributed by atoms with Crippen molar-refractivity contribution in [3.63, 3.8) is 0 Å². The van der Waals surface area contributed by atoms with Gasteiger partial charge in [0.15, 0.2) is 11.3 Å². The van der Waals surface area contributed by atoms with Gasteiger partial charge in [-0.1, -0.05) is 53.0 Å². The lowest BCUT2D eigenvalue weighted by Crippen LogP contribution is -2.57. The van der Waals surface area contributed by atoms with E-state index in [4.69, 9.17) is 47.0 Å². The molecule has 1 atom stereocenters. The van der Waals surface area contributed by atoms with Gasteiger partial charge in [0.25, 0.3) is 0 Å². The number of urea groups is 1. The van der Waals surface area contributed by atoms with Crippen molar-refractivity contribution in [2.24, 2.45) is 0 Å². The van der Waals surface area contributed by atoms with E-state index in [0.717, 1.165) is 11.3 Å². The van der Waals surface area contributed by atoms with Crippen molar-refractivity contribution in [2.75, 3.05) is 19.4 Å². The van der Waals surface area contributed by atoms with Gasteiger partial charge < -0.3 is 20.9 Å². The topological polar surface area (TPSA) is 56.4 Å². The number of hydrogen-bond acceptors (Lipinski definition) is 2. The number of nitrogens with one attached hydrogen (secondary N) is 3. The minimum atomic E-state index is -1.77. The first-order valence-electron chi connectivity index (χ1n) is 6.29. The zero-order chi connectivity index (χ0) is 16.9. The van der Waals surface area contributed by atoms with Crippen LogP contribution in [0.25, 0.3) is 0 Å². The minimum Gasteiger partial charge on any atom is -0.339 e. The van der Waals surface area contributed by atoms with Crippen molar-refractivity contribution >= 4 is 63.9 Å². The summed E-state index contributed by atoms with van der Waals surface area (Å²) in [5.74, 6) is 0. The zero-order valence-electron chi connectivity index (χ0n) is 12.3. The first kappa shape index (κ1) is 19.1. The van der Waals surface area contributed by atoms with Gasteiger partial charge in [-0.25, -0.2) is 4.79 Å². The van der Waals surface area contributed by atoms with E-state index in [-0.39, 0.29) is 5.11 Å². The summed E-state index contributed by atoms with van der Waals surface area (Å²) in [5.41, 5.74) is 1.83. The van der Waals surface area contributed by atoms with Crippen molar-refractivity contribution in [3.05, 3.63) is 29.8 Å². The molecule has 0 aliphatic carbocycles. The summed E-state index contributed by atoms with van der Waals surface area (Å²) in [6.07, 6.45) is -0.989. The summed E-state index contributed by atoms with van der Waals surface area (Å²) in [5, 5.41) is 8.55. The van der Waals surface area contributed by atoms with Crippen LogP contribution in [0, 0.1) is 6.92 Å². The van der Waals surface area contributed by atoms with Crippen LogP contribution in [0.1, 0.15) is 5.56 Å². The number of halogens is 3. The predicted octanol–water partition coefficient (Wildman–Crippen LogP) is 3.25. The molecule has 2 amide bonds. The molecular formula is C13H17Cl3N4OS. The number of alkyl halides is 3. The second-order valence-corrected chi connectivity index (χ2v) is 7.51. The van der Waals surface area contributed by atoms with Crippen LogP contribution in [0.3, 0.4) is 0 Å². The fraction of sp³-hybridized carbons (Fsp3) is 0.385. The van der Waals surface area contributed by atoms with Crippen LogP contribution in [0.5, 0.6) is 0 Å². The first-order chi connectivity index (χ1) is 10.1. The molecule has 5 nitrogen and oxygen atoms in total. The number of benzene rings is 1. The molecule has 3 N–H and O–H groups in total. The maximum atomic E-state index is 11.7. The number of rotatable bonds is 3. The third-order valence-electron chi connectivity index (χ3n) is 2.67. The standard InChI is InChI=1S/C13H17Cl3N4OS/c1-8-6-4-5-7-9(8)17-11(22)18-10(13(14,15)16)19-12(21)20(2)3/h4-7,10H,1-3H3,(H,19,21)(H2,17,18,22)/t10-/m1/s1. The molecule has 0 spiro atoms. The zero-order valence-corrected chi connectivity index (χ0v) is 15.4. The van der Waals surface area contributed by atoms with Gasteiger partial charge in [0, 0.05) is 19.8 Å². The van der Waals surface area contributed by atoms with Crippen LogP contribution in [-0.2, 0) is 0 Å². The maximum absolute atomic E-state index is 11.7. The number of nitrogens with zero attached hydrogens (tertiary/aromatic N) is 1. The maximum Gasteiger partial charge on any atom is 0.318 e. The molecule has 0 saturated carbocycles. The average Bonchev–Trinajstić information content (AvgIpc) is 2.39. The molecule has 1 rings (SSSR count). The third-order valence-corrected chi connectivity index (χ3v) is 3.54. The number of hydrogen-bond donors (Lipinski definition) is 3. The van der Waals surface area contributed by atoms with E-state index in [9.17, 15) is 4.79 Å². The second-order valence-electron chi connectivity index (χ2n) is 4.73. The van der Waals surface area contributed by atoms with Gasteiger partial charge in [-0.05, 0) is 30.8 Å². The van der Waals surface area contributed by atoms with Gasteiger partial charge in [-0.3, -0.25) is 0 Å². The molecule has 1 aromatic rings. The molecule has 0 unspecified atom stereocenters. The van der Waals surface area contributed by atoms with Gasteiger partial charge in [-0.2, -0.15) is 0 Å². The molecule has 0 aliphatic heterocycles. The Bertz CT molecular complexity index is 548. The van der Waals surface area contributed by atoms with Crippen molar-refractivity contribution in [3.8, 4) is 0 Å². The number of amides is 2. The summed E-state index contributed by atoms with van der Waals surface area (Å²) in [6, 6.07) is 7.18. The second kappa shape index (κ2) is 8.06. The molecule has 0 heterocycles. The summed E-state index contributed by atoms with van der Waals surface area (Å²) < 4.78 is -1.77. The highest BCUT2D eigenvalue weighted by atomic mass is 35.6. The summed E-state index contributed by atoms with van der Waals surface area (Å²) >= 11 is 22.8. The molecule has 0 aliphatic rings. The highest BCUT2D eigenvalue weighted by Crippen LogP contribution is 2.29. The van der Waals surface area contributed by atoms with Crippen LogP contribution >= 0.6 is 47.0 Å². The fourth-order valence-corrected chi connectivity index (χ4v) is 2.01. The third kappa shape index (κ3) is 6.04. The largest absolute Gasteiger partial charge is 0.339 e. The molecule has 22 heavy (non-hydrogen) atoms. The molecule has 0 aromatic heterocycles. The number of thiocarbonyl (C=S) groups is 1. The van der Waals surface area contributed by atoms with Crippen LogP contribution in [-0.4, -0.2) is 40.1 Å². The smallest absolute Gasteiger partial charge is 0.318 e. The van der Waals surface area contributed by atoms with Crippen LogP contribution in [0.15, 0.2) is 24.3 Å². The van der Waals surface area contributed by atoms with Gasteiger partial charge >= 0.3 is 6.03 Å². The lowest BCUT2D eigenvalue weighted by atomic mass is 10.2. The Labute approximate surface area is 150 Å². The molecule has 122 valence electrons. The first-order valence-corrected chi connectivity index (χ1v) is 7.83. The number of para-hydroxylation sites is 1. The molecule has 0 saturated heterocycles. The average molecular weight is 384 g/mol. The van der Waals surface area contributed by atoms with Gasteiger partial charge in [0.05, 0.1) is 0 Å². The van der Waals surface area contributed by atoms with Crippen molar-refractivity contribution in [2.45, 2.75) is 16.9 Å². The molecule has 9 heteroatoms. The van der Waals surface area contributed by atoms with Gasteiger partial charge in [0.2, 0.25) is 3.79 Å². The Balaban J connectivity index is 2.75. The fourth-order valence-electron chi connectivity index (χ4n) is 1.45. The number of carbonyl (C=O) groups is 1. The quantitative estimate of drug-likeness (QED) is 0.426. The normalized spacial score (nSPS) is 12.3. The number of carbonyl (C=O) groups excluding carboxylic acids is 1. The van der Waals surface area contributed by atoms with E-state index in [1.54, 1.807) is 14.1 Å². The SMILES string of the molecule is Cc1ccccc1NC(=S)N[C@H](NC(=O)N(C)C)C(Cl)(Cl)Cl. The Hall–Kier alpha value is -0.950. The number of anilines is 1. The summed E-state index contributed by atoms with van der Waals surface area (Å²) in [6.45, 7) is 1.94. The Kier molecular flexibility index (Phi) is 6.99.